The van der Waals surface area contributed by atoms with Crippen molar-refractivity contribution in [1.29, 1.82) is 0 Å². The van der Waals surface area contributed by atoms with Gasteiger partial charge in [-0.3, -0.25) is 0 Å². The van der Waals surface area contributed by atoms with Gasteiger partial charge in [-0.05, 0) is 43.5 Å². The molecule has 1 saturated carbocycles. The summed E-state index contributed by atoms with van der Waals surface area (Å²) in [6, 6.07) is 5.94. The number of rotatable bonds is 7. The minimum absolute atomic E-state index is 0.0684. The molecule has 130 valence electrons. The van der Waals surface area contributed by atoms with Crippen LogP contribution in [0.2, 0.25) is 0 Å². The average molecular weight is 341 g/mol. The zero-order valence-electron chi connectivity index (χ0n) is 14.2. The summed E-state index contributed by atoms with van der Waals surface area (Å²) >= 11 is 0. The lowest BCUT2D eigenvalue weighted by Gasteiger charge is -2.31. The van der Waals surface area contributed by atoms with E-state index >= 15 is 0 Å². The van der Waals surface area contributed by atoms with Crippen LogP contribution in [-0.2, 0) is 16.3 Å². The van der Waals surface area contributed by atoms with Crippen LogP contribution in [0.4, 0.5) is 0 Å². The van der Waals surface area contributed by atoms with E-state index in [1.165, 1.54) is 6.26 Å². The fourth-order valence-corrected chi connectivity index (χ4v) is 4.70. The van der Waals surface area contributed by atoms with Crippen LogP contribution in [-0.4, -0.2) is 46.7 Å². The molecule has 2 rings (SSSR count). The molecule has 0 heterocycles. The molecule has 1 N–H and O–H groups in total. The Morgan fingerprint density at radius 2 is 1.83 bits per heavy atom. The summed E-state index contributed by atoms with van der Waals surface area (Å²) in [6.07, 6.45) is 5.99. The van der Waals surface area contributed by atoms with Crippen molar-refractivity contribution < 1.29 is 17.9 Å². The Kier molecular flexibility index (Phi) is 6.30. The lowest BCUT2D eigenvalue weighted by Crippen LogP contribution is -2.46. The molecule has 0 amide bonds. The molecule has 1 aromatic rings. The highest BCUT2D eigenvalue weighted by Crippen LogP contribution is 2.28. The van der Waals surface area contributed by atoms with Crippen molar-refractivity contribution in [3.63, 3.8) is 0 Å². The molecule has 23 heavy (non-hydrogen) atoms. The number of hydrogen-bond donors (Lipinski definition) is 1. The summed E-state index contributed by atoms with van der Waals surface area (Å²) in [5.41, 5.74) is 1.14. The molecule has 0 aliphatic heterocycles. The third-order valence-electron chi connectivity index (χ3n) is 4.52. The maximum atomic E-state index is 11.9. The van der Waals surface area contributed by atoms with Crippen LogP contribution >= 0.6 is 0 Å². The smallest absolute Gasteiger partial charge is 0.160 e. The lowest BCUT2D eigenvalue weighted by atomic mass is 9.94. The lowest BCUT2D eigenvalue weighted by molar-refractivity contribution is 0.354. The van der Waals surface area contributed by atoms with E-state index in [0.29, 0.717) is 5.75 Å². The number of ether oxygens (including phenoxy) is 2. The maximum Gasteiger partial charge on any atom is 0.160 e. The normalized spacial score (nSPS) is 21.9. The molecule has 0 radical (unpaired) electrons. The third kappa shape index (κ3) is 4.85. The Morgan fingerprint density at radius 1 is 1.13 bits per heavy atom. The van der Waals surface area contributed by atoms with E-state index in [-0.39, 0.29) is 11.3 Å². The first kappa shape index (κ1) is 18.1. The molecule has 1 fully saturated rings. The molecule has 0 unspecified atom stereocenters. The highest BCUT2D eigenvalue weighted by atomic mass is 32.2. The molecule has 0 spiro atoms. The second kappa shape index (κ2) is 8.02. The summed E-state index contributed by atoms with van der Waals surface area (Å²) in [6.45, 7) is 0.756. The van der Waals surface area contributed by atoms with Crippen LogP contribution in [0.1, 0.15) is 31.2 Å². The first-order valence-electron chi connectivity index (χ1n) is 8.09. The Hall–Kier alpha value is -1.27. The quantitative estimate of drug-likeness (QED) is 0.823. The van der Waals surface area contributed by atoms with Crippen molar-refractivity contribution in [1.82, 2.24) is 5.32 Å². The Labute approximate surface area is 139 Å². The molecular formula is C17H27NO4S. The second-order valence-corrected chi connectivity index (χ2v) is 8.42. The first-order valence-corrected chi connectivity index (χ1v) is 10.0. The highest BCUT2D eigenvalue weighted by molar-refractivity contribution is 7.91. The molecule has 1 aromatic carbocycles. The van der Waals surface area contributed by atoms with E-state index in [1.807, 2.05) is 18.2 Å². The van der Waals surface area contributed by atoms with Crippen molar-refractivity contribution in [3.05, 3.63) is 23.8 Å². The van der Waals surface area contributed by atoms with Crippen molar-refractivity contribution in [2.24, 2.45) is 0 Å². The number of benzene rings is 1. The second-order valence-electron chi connectivity index (χ2n) is 6.15. The molecule has 6 heteroatoms. The van der Waals surface area contributed by atoms with Gasteiger partial charge in [0.1, 0.15) is 0 Å². The van der Waals surface area contributed by atoms with Gasteiger partial charge in [0.15, 0.2) is 21.3 Å². The summed E-state index contributed by atoms with van der Waals surface area (Å²) in [4.78, 5) is 0. The van der Waals surface area contributed by atoms with Gasteiger partial charge >= 0.3 is 0 Å². The number of hydrogen-bond acceptors (Lipinski definition) is 5. The fraction of sp³-hybridized carbons (Fsp3) is 0.647. The molecule has 0 saturated heterocycles. The highest BCUT2D eigenvalue weighted by Gasteiger charge is 2.32. The van der Waals surface area contributed by atoms with Gasteiger partial charge in [-0.1, -0.05) is 18.9 Å². The van der Waals surface area contributed by atoms with E-state index in [1.54, 1.807) is 14.2 Å². The summed E-state index contributed by atoms with van der Waals surface area (Å²) in [5, 5.41) is 3.19. The van der Waals surface area contributed by atoms with Crippen LogP contribution < -0.4 is 14.8 Å². The van der Waals surface area contributed by atoms with E-state index in [0.717, 1.165) is 50.0 Å². The first-order chi connectivity index (χ1) is 11.0. The number of methoxy groups -OCH3 is 2. The van der Waals surface area contributed by atoms with Crippen LogP contribution in [0.15, 0.2) is 18.2 Å². The summed E-state index contributed by atoms with van der Waals surface area (Å²) in [5.74, 6) is 1.44. The van der Waals surface area contributed by atoms with Crippen LogP contribution in [0.3, 0.4) is 0 Å². The number of sulfone groups is 1. The van der Waals surface area contributed by atoms with Gasteiger partial charge in [0.25, 0.3) is 0 Å². The van der Waals surface area contributed by atoms with Gasteiger partial charge in [0.05, 0.1) is 19.5 Å². The zero-order valence-corrected chi connectivity index (χ0v) is 15.0. The van der Waals surface area contributed by atoms with Crippen molar-refractivity contribution in [2.75, 3.05) is 27.0 Å². The van der Waals surface area contributed by atoms with Gasteiger partial charge in [-0.2, -0.15) is 0 Å². The zero-order chi connectivity index (χ0) is 16.9. The largest absolute Gasteiger partial charge is 0.493 e. The molecule has 0 bridgehead atoms. The molecule has 1 aliphatic carbocycles. The molecule has 2 atom stereocenters. The summed E-state index contributed by atoms with van der Waals surface area (Å²) < 4.78 is 34.4. The standard InChI is InChI=1S/C17H27NO4S/c1-21-15-9-8-13(12-16(15)22-2)10-11-18-14-6-4-5-7-17(14)23(3,19)20/h8-9,12,14,17-18H,4-7,10-11H2,1-3H3/t14-,17+/m0/s1. The predicted molar refractivity (Wildman–Crippen MR) is 92.1 cm³/mol. The van der Waals surface area contributed by atoms with Gasteiger partial charge in [0, 0.05) is 12.3 Å². The van der Waals surface area contributed by atoms with Crippen molar-refractivity contribution in [2.45, 2.75) is 43.4 Å². The topological polar surface area (TPSA) is 64.6 Å². The Balaban J connectivity index is 1.93. The average Bonchev–Trinajstić information content (AvgIpc) is 2.54. The van der Waals surface area contributed by atoms with Crippen molar-refractivity contribution in [3.8, 4) is 11.5 Å². The van der Waals surface area contributed by atoms with E-state index in [4.69, 9.17) is 9.47 Å². The van der Waals surface area contributed by atoms with Crippen LogP contribution in [0, 0.1) is 0 Å². The Morgan fingerprint density at radius 3 is 2.48 bits per heavy atom. The minimum atomic E-state index is -2.99. The van der Waals surface area contributed by atoms with E-state index in [2.05, 4.69) is 5.32 Å². The molecule has 5 nitrogen and oxygen atoms in total. The Bertz CT molecular complexity index is 615. The van der Waals surface area contributed by atoms with Crippen molar-refractivity contribution >= 4 is 9.84 Å². The molecule has 1 aliphatic rings. The van der Waals surface area contributed by atoms with Gasteiger partial charge < -0.3 is 14.8 Å². The maximum absolute atomic E-state index is 11.9. The fourth-order valence-electron chi connectivity index (χ4n) is 3.28. The van der Waals surface area contributed by atoms with Gasteiger partial charge in [-0.15, -0.1) is 0 Å². The van der Waals surface area contributed by atoms with Gasteiger partial charge in [0.2, 0.25) is 0 Å². The monoisotopic (exact) mass is 341 g/mol. The predicted octanol–water partition coefficient (Wildman–Crippen LogP) is 2.19. The van der Waals surface area contributed by atoms with Crippen LogP contribution in [0.25, 0.3) is 0 Å². The van der Waals surface area contributed by atoms with Crippen LogP contribution in [0.5, 0.6) is 11.5 Å². The minimum Gasteiger partial charge on any atom is -0.493 e. The third-order valence-corrected chi connectivity index (χ3v) is 6.18. The molecule has 0 aromatic heterocycles. The molecular weight excluding hydrogens is 314 g/mol. The van der Waals surface area contributed by atoms with Gasteiger partial charge in [-0.25, -0.2) is 8.42 Å². The summed E-state index contributed by atoms with van der Waals surface area (Å²) in [7, 11) is 0.253. The number of nitrogens with one attached hydrogen (secondary N) is 1. The van der Waals surface area contributed by atoms with E-state index in [9.17, 15) is 8.42 Å². The SMILES string of the molecule is COc1ccc(CCN[C@H]2CCCC[C@H]2S(C)(=O)=O)cc1OC. The van der Waals surface area contributed by atoms with E-state index < -0.39 is 9.84 Å².